The molecule has 0 radical (unpaired) electrons. The van der Waals surface area contributed by atoms with Crippen LogP contribution in [0.2, 0.25) is 0 Å². The standard InChI is InChI=1S/C8H16O5/c1-3-13-8(12)7(11)6(10)4-5(2)9/h5-7,9-11H,3-4H2,1-2H3/t5-,6+,7-/m0/s1. The van der Waals surface area contributed by atoms with Gasteiger partial charge in [-0.2, -0.15) is 0 Å². The number of carbonyl (C=O) groups is 1. The third-order valence-corrected chi connectivity index (χ3v) is 1.48. The first-order chi connectivity index (χ1) is 5.99. The Labute approximate surface area is 77.0 Å². The van der Waals surface area contributed by atoms with Gasteiger partial charge in [0.1, 0.15) is 0 Å². The van der Waals surface area contributed by atoms with Gasteiger partial charge >= 0.3 is 5.97 Å². The fourth-order valence-corrected chi connectivity index (χ4v) is 0.863. The molecule has 5 nitrogen and oxygen atoms in total. The van der Waals surface area contributed by atoms with Gasteiger partial charge in [0.2, 0.25) is 0 Å². The fourth-order valence-electron chi connectivity index (χ4n) is 0.863. The van der Waals surface area contributed by atoms with Gasteiger partial charge in [-0.25, -0.2) is 4.79 Å². The van der Waals surface area contributed by atoms with Crippen LogP contribution in [-0.2, 0) is 9.53 Å². The van der Waals surface area contributed by atoms with Gasteiger partial charge in [0.15, 0.2) is 6.10 Å². The SMILES string of the molecule is CCOC(=O)[C@@H](O)[C@H](O)C[C@H](C)O. The first-order valence-corrected chi connectivity index (χ1v) is 4.19. The molecule has 0 spiro atoms. The van der Waals surface area contributed by atoms with Gasteiger partial charge in [0.25, 0.3) is 0 Å². The average molecular weight is 192 g/mol. The van der Waals surface area contributed by atoms with E-state index >= 15 is 0 Å². The zero-order valence-corrected chi connectivity index (χ0v) is 7.80. The van der Waals surface area contributed by atoms with Gasteiger partial charge in [-0.05, 0) is 13.8 Å². The Morgan fingerprint density at radius 3 is 2.31 bits per heavy atom. The monoisotopic (exact) mass is 192 g/mol. The second-order valence-electron chi connectivity index (χ2n) is 2.85. The molecule has 3 N–H and O–H groups in total. The highest BCUT2D eigenvalue weighted by molar-refractivity contribution is 5.75. The van der Waals surface area contributed by atoms with E-state index in [2.05, 4.69) is 4.74 Å². The molecule has 0 rings (SSSR count). The topological polar surface area (TPSA) is 87.0 Å². The quantitative estimate of drug-likeness (QED) is 0.488. The summed E-state index contributed by atoms with van der Waals surface area (Å²) in [5, 5.41) is 27.2. The lowest BCUT2D eigenvalue weighted by atomic mass is 10.1. The van der Waals surface area contributed by atoms with E-state index in [-0.39, 0.29) is 13.0 Å². The molecular weight excluding hydrogens is 176 g/mol. The average Bonchev–Trinajstić information content (AvgIpc) is 2.02. The Morgan fingerprint density at radius 1 is 1.38 bits per heavy atom. The largest absolute Gasteiger partial charge is 0.464 e. The van der Waals surface area contributed by atoms with Crippen LogP contribution < -0.4 is 0 Å². The summed E-state index contributed by atoms with van der Waals surface area (Å²) < 4.78 is 4.48. The first-order valence-electron chi connectivity index (χ1n) is 4.19. The Bertz CT molecular complexity index is 157. The van der Waals surface area contributed by atoms with Crippen LogP contribution >= 0.6 is 0 Å². The lowest BCUT2D eigenvalue weighted by molar-refractivity contribution is -0.160. The van der Waals surface area contributed by atoms with Crippen LogP contribution in [0.4, 0.5) is 0 Å². The fraction of sp³-hybridized carbons (Fsp3) is 0.875. The van der Waals surface area contributed by atoms with Crippen LogP contribution in [0.1, 0.15) is 20.3 Å². The van der Waals surface area contributed by atoms with E-state index in [1.54, 1.807) is 6.92 Å². The molecule has 0 fully saturated rings. The highest BCUT2D eigenvalue weighted by atomic mass is 16.5. The summed E-state index contributed by atoms with van der Waals surface area (Å²) in [5.74, 6) is -0.865. The van der Waals surface area contributed by atoms with E-state index in [1.165, 1.54) is 6.92 Å². The Morgan fingerprint density at radius 2 is 1.92 bits per heavy atom. The van der Waals surface area contributed by atoms with Crippen molar-refractivity contribution >= 4 is 5.97 Å². The van der Waals surface area contributed by atoms with E-state index in [0.717, 1.165) is 0 Å². The van der Waals surface area contributed by atoms with Crippen LogP contribution in [0.15, 0.2) is 0 Å². The molecule has 78 valence electrons. The van der Waals surface area contributed by atoms with Crippen molar-refractivity contribution < 1.29 is 24.9 Å². The van der Waals surface area contributed by atoms with Gasteiger partial charge in [0, 0.05) is 6.42 Å². The second-order valence-corrected chi connectivity index (χ2v) is 2.85. The maximum absolute atomic E-state index is 10.9. The number of aliphatic hydroxyl groups is 3. The molecule has 0 aromatic rings. The third-order valence-electron chi connectivity index (χ3n) is 1.48. The molecule has 13 heavy (non-hydrogen) atoms. The molecule has 0 heterocycles. The smallest absolute Gasteiger partial charge is 0.337 e. The summed E-state index contributed by atoms with van der Waals surface area (Å²) >= 11 is 0. The Kier molecular flexibility index (Phi) is 5.61. The van der Waals surface area contributed by atoms with Crippen molar-refractivity contribution in [3.63, 3.8) is 0 Å². The third kappa shape index (κ3) is 4.82. The van der Waals surface area contributed by atoms with E-state index in [4.69, 9.17) is 10.2 Å². The van der Waals surface area contributed by atoms with Gasteiger partial charge in [0.05, 0.1) is 18.8 Å². The molecule has 0 saturated heterocycles. The van der Waals surface area contributed by atoms with Crippen LogP contribution in [0.3, 0.4) is 0 Å². The number of hydrogen-bond donors (Lipinski definition) is 3. The maximum Gasteiger partial charge on any atom is 0.337 e. The van der Waals surface area contributed by atoms with Crippen molar-refractivity contribution in [3.05, 3.63) is 0 Å². The van der Waals surface area contributed by atoms with Crippen LogP contribution in [-0.4, -0.2) is 46.2 Å². The zero-order chi connectivity index (χ0) is 10.4. The van der Waals surface area contributed by atoms with Crippen molar-refractivity contribution in [3.8, 4) is 0 Å². The number of esters is 1. The van der Waals surface area contributed by atoms with Crippen LogP contribution in [0.25, 0.3) is 0 Å². The van der Waals surface area contributed by atoms with Gasteiger partial charge in [-0.15, -0.1) is 0 Å². The molecular formula is C8H16O5. The number of ether oxygens (including phenoxy) is 1. The predicted molar refractivity (Wildman–Crippen MR) is 44.9 cm³/mol. The van der Waals surface area contributed by atoms with Crippen molar-refractivity contribution in [2.24, 2.45) is 0 Å². The molecule has 0 bridgehead atoms. The van der Waals surface area contributed by atoms with Crippen molar-refractivity contribution in [2.45, 2.75) is 38.6 Å². The highest BCUT2D eigenvalue weighted by Crippen LogP contribution is 2.04. The van der Waals surface area contributed by atoms with Gasteiger partial charge in [-0.1, -0.05) is 0 Å². The number of hydrogen-bond acceptors (Lipinski definition) is 5. The molecule has 0 aliphatic rings. The lowest BCUT2D eigenvalue weighted by Gasteiger charge is -2.17. The molecule has 5 heteroatoms. The lowest BCUT2D eigenvalue weighted by Crippen LogP contribution is -2.37. The molecule has 3 atom stereocenters. The Hall–Kier alpha value is -0.650. The summed E-state index contributed by atoms with van der Waals surface area (Å²) in [4.78, 5) is 10.9. The molecule has 0 aliphatic heterocycles. The van der Waals surface area contributed by atoms with Crippen LogP contribution in [0, 0.1) is 0 Å². The number of aliphatic hydroxyl groups excluding tert-OH is 3. The van der Waals surface area contributed by atoms with Gasteiger partial charge in [-0.3, -0.25) is 0 Å². The summed E-state index contributed by atoms with van der Waals surface area (Å²) in [6.45, 7) is 3.21. The highest BCUT2D eigenvalue weighted by Gasteiger charge is 2.26. The van der Waals surface area contributed by atoms with Crippen molar-refractivity contribution in [2.75, 3.05) is 6.61 Å². The molecule has 0 saturated carbocycles. The van der Waals surface area contributed by atoms with Gasteiger partial charge < -0.3 is 20.1 Å². The summed E-state index contributed by atoms with van der Waals surface area (Å²) in [6.07, 6.45) is -3.67. The molecule has 0 aliphatic carbocycles. The predicted octanol–water partition coefficient (Wildman–Crippen LogP) is -0.958. The molecule has 0 aromatic carbocycles. The minimum absolute atomic E-state index is 0.0556. The Balaban J connectivity index is 3.93. The van der Waals surface area contributed by atoms with E-state index in [9.17, 15) is 9.90 Å². The van der Waals surface area contributed by atoms with Crippen LogP contribution in [0.5, 0.6) is 0 Å². The zero-order valence-electron chi connectivity index (χ0n) is 7.80. The normalized spacial score (nSPS) is 17.6. The minimum atomic E-state index is -1.57. The number of carbonyl (C=O) groups excluding carboxylic acids is 1. The second kappa shape index (κ2) is 5.90. The molecule has 0 aromatic heterocycles. The van der Waals surface area contributed by atoms with Crippen molar-refractivity contribution in [1.29, 1.82) is 0 Å². The summed E-state index contributed by atoms with van der Waals surface area (Å²) in [7, 11) is 0. The number of rotatable bonds is 5. The van der Waals surface area contributed by atoms with Crippen molar-refractivity contribution in [1.82, 2.24) is 0 Å². The summed E-state index contributed by atoms with van der Waals surface area (Å²) in [5.41, 5.74) is 0. The molecule has 0 unspecified atom stereocenters. The molecule has 0 amide bonds. The van der Waals surface area contributed by atoms with E-state index in [1.807, 2.05) is 0 Å². The summed E-state index contributed by atoms with van der Waals surface area (Å²) in [6, 6.07) is 0. The minimum Gasteiger partial charge on any atom is -0.464 e. The first kappa shape index (κ1) is 12.3. The van der Waals surface area contributed by atoms with E-state index in [0.29, 0.717) is 0 Å². The van der Waals surface area contributed by atoms with E-state index < -0.39 is 24.3 Å². The maximum atomic E-state index is 10.9.